The molecule has 0 bridgehead atoms. The molecule has 0 spiro atoms. The molecule has 0 radical (unpaired) electrons. The molecular formula is C18H17BrO2. The van der Waals surface area contributed by atoms with Gasteiger partial charge in [-0.15, -0.1) is 0 Å². The van der Waals surface area contributed by atoms with E-state index in [0.717, 1.165) is 22.9 Å². The molecule has 1 saturated carbocycles. The molecule has 1 aliphatic carbocycles. The minimum absolute atomic E-state index is 0.0144. The first kappa shape index (κ1) is 14.3. The molecule has 1 fully saturated rings. The first-order valence-electron chi connectivity index (χ1n) is 7.21. The van der Waals surface area contributed by atoms with Gasteiger partial charge >= 0.3 is 0 Å². The van der Waals surface area contributed by atoms with Gasteiger partial charge in [-0.05, 0) is 50.5 Å². The molecule has 3 rings (SSSR count). The predicted molar refractivity (Wildman–Crippen MR) is 87.0 cm³/mol. The third-order valence-corrected chi connectivity index (χ3v) is 4.31. The molecule has 2 aromatic carbocycles. The lowest BCUT2D eigenvalue weighted by Gasteiger charge is -2.27. The van der Waals surface area contributed by atoms with Crippen molar-refractivity contribution < 1.29 is 9.53 Å². The van der Waals surface area contributed by atoms with Crippen LogP contribution in [0.5, 0.6) is 5.75 Å². The first-order valence-corrected chi connectivity index (χ1v) is 8.00. The number of carbonyl (C=O) groups excluding carboxylic acids is 1. The predicted octanol–water partition coefficient (Wildman–Crippen LogP) is 4.92. The van der Waals surface area contributed by atoms with Gasteiger partial charge in [0.1, 0.15) is 5.75 Å². The van der Waals surface area contributed by atoms with Gasteiger partial charge in [-0.25, -0.2) is 0 Å². The molecule has 1 aliphatic rings. The number of carbonyl (C=O) groups is 1. The molecule has 0 heterocycles. The molecule has 0 atom stereocenters. The van der Waals surface area contributed by atoms with Crippen LogP contribution in [0.15, 0.2) is 46.9 Å². The third-order valence-electron chi connectivity index (χ3n) is 3.81. The second-order valence-corrected chi connectivity index (χ2v) is 6.43. The maximum Gasteiger partial charge on any atom is 0.196 e. The average Bonchev–Trinajstić information content (AvgIpc) is 2.42. The molecule has 0 N–H and O–H groups in total. The Labute approximate surface area is 133 Å². The van der Waals surface area contributed by atoms with E-state index in [9.17, 15) is 4.79 Å². The van der Waals surface area contributed by atoms with Crippen LogP contribution in [0, 0.1) is 6.92 Å². The lowest BCUT2D eigenvalue weighted by atomic mass is 9.95. The monoisotopic (exact) mass is 344 g/mol. The zero-order chi connectivity index (χ0) is 14.8. The summed E-state index contributed by atoms with van der Waals surface area (Å²) in [4.78, 5) is 12.7. The largest absolute Gasteiger partial charge is 0.490 e. The minimum atomic E-state index is 0.0144. The topological polar surface area (TPSA) is 26.3 Å². The highest BCUT2D eigenvalue weighted by Crippen LogP contribution is 2.31. The van der Waals surface area contributed by atoms with Crippen LogP contribution in [0.3, 0.4) is 0 Å². The second kappa shape index (κ2) is 6.02. The fourth-order valence-electron chi connectivity index (χ4n) is 2.39. The SMILES string of the molecule is Cc1cccc(C(=O)c2ccc(Br)cc2OC2CCC2)c1. The Kier molecular flexibility index (Phi) is 4.11. The van der Waals surface area contributed by atoms with E-state index >= 15 is 0 Å². The number of aryl methyl sites for hydroxylation is 1. The average molecular weight is 345 g/mol. The quantitative estimate of drug-likeness (QED) is 0.735. The number of ketones is 1. The van der Waals surface area contributed by atoms with E-state index in [2.05, 4.69) is 15.9 Å². The highest BCUT2D eigenvalue weighted by atomic mass is 79.9. The normalized spacial score (nSPS) is 14.6. The summed E-state index contributed by atoms with van der Waals surface area (Å²) in [6.45, 7) is 1.99. The Morgan fingerprint density at radius 1 is 1.19 bits per heavy atom. The van der Waals surface area contributed by atoms with Gasteiger partial charge in [0.25, 0.3) is 0 Å². The molecule has 3 heteroatoms. The fourth-order valence-corrected chi connectivity index (χ4v) is 2.73. The third kappa shape index (κ3) is 3.18. The van der Waals surface area contributed by atoms with Gasteiger partial charge in [0.05, 0.1) is 11.7 Å². The van der Waals surface area contributed by atoms with Crippen LogP contribution >= 0.6 is 15.9 Å². The van der Waals surface area contributed by atoms with Crippen molar-refractivity contribution in [1.82, 2.24) is 0 Å². The van der Waals surface area contributed by atoms with Crippen molar-refractivity contribution in [2.24, 2.45) is 0 Å². The number of ether oxygens (including phenoxy) is 1. The van der Waals surface area contributed by atoms with Crippen molar-refractivity contribution in [1.29, 1.82) is 0 Å². The molecule has 0 unspecified atom stereocenters. The van der Waals surface area contributed by atoms with Crippen LogP contribution in [0.1, 0.15) is 40.7 Å². The van der Waals surface area contributed by atoms with Gasteiger partial charge < -0.3 is 4.74 Å². The summed E-state index contributed by atoms with van der Waals surface area (Å²) in [6, 6.07) is 13.3. The maximum atomic E-state index is 12.7. The molecule has 2 nitrogen and oxygen atoms in total. The molecule has 2 aromatic rings. The van der Waals surface area contributed by atoms with Gasteiger partial charge in [-0.2, -0.15) is 0 Å². The summed E-state index contributed by atoms with van der Waals surface area (Å²) in [5.74, 6) is 0.695. The lowest BCUT2D eigenvalue weighted by molar-refractivity contribution is 0.100. The summed E-state index contributed by atoms with van der Waals surface area (Å²) >= 11 is 3.45. The zero-order valence-corrected chi connectivity index (χ0v) is 13.5. The fraction of sp³-hybridized carbons (Fsp3) is 0.278. The lowest BCUT2D eigenvalue weighted by Crippen LogP contribution is -2.25. The number of hydrogen-bond donors (Lipinski definition) is 0. The molecule has 0 amide bonds. The smallest absolute Gasteiger partial charge is 0.196 e. The van der Waals surface area contributed by atoms with Crippen molar-refractivity contribution >= 4 is 21.7 Å². The summed E-state index contributed by atoms with van der Waals surface area (Å²) in [7, 11) is 0. The van der Waals surface area contributed by atoms with Crippen LogP contribution < -0.4 is 4.74 Å². The van der Waals surface area contributed by atoms with E-state index in [1.54, 1.807) is 0 Å². The number of hydrogen-bond acceptors (Lipinski definition) is 2. The molecule has 108 valence electrons. The Balaban J connectivity index is 1.94. The van der Waals surface area contributed by atoms with Crippen molar-refractivity contribution in [2.45, 2.75) is 32.3 Å². The second-order valence-electron chi connectivity index (χ2n) is 5.51. The van der Waals surface area contributed by atoms with Crippen LogP contribution in [0.4, 0.5) is 0 Å². The Bertz CT molecular complexity index is 675. The van der Waals surface area contributed by atoms with Gasteiger partial charge in [0.15, 0.2) is 5.78 Å². The van der Waals surface area contributed by atoms with Gasteiger partial charge in [0.2, 0.25) is 0 Å². The Hall–Kier alpha value is -1.61. The molecular weight excluding hydrogens is 328 g/mol. The van der Waals surface area contributed by atoms with Crippen LogP contribution in [-0.4, -0.2) is 11.9 Å². The number of halogens is 1. The van der Waals surface area contributed by atoms with E-state index in [-0.39, 0.29) is 11.9 Å². The summed E-state index contributed by atoms with van der Waals surface area (Å²) < 4.78 is 6.91. The molecule has 0 saturated heterocycles. The van der Waals surface area contributed by atoms with E-state index in [4.69, 9.17) is 4.74 Å². The summed E-state index contributed by atoms with van der Waals surface area (Å²) in [5, 5.41) is 0. The van der Waals surface area contributed by atoms with Crippen LogP contribution in [0.25, 0.3) is 0 Å². The number of benzene rings is 2. The van der Waals surface area contributed by atoms with E-state index < -0.39 is 0 Å². The van der Waals surface area contributed by atoms with Crippen molar-refractivity contribution in [3.8, 4) is 5.75 Å². The first-order chi connectivity index (χ1) is 10.1. The van der Waals surface area contributed by atoms with Crippen molar-refractivity contribution in [3.05, 3.63) is 63.6 Å². The zero-order valence-electron chi connectivity index (χ0n) is 11.9. The van der Waals surface area contributed by atoms with Crippen molar-refractivity contribution in [3.63, 3.8) is 0 Å². The Morgan fingerprint density at radius 3 is 2.67 bits per heavy atom. The van der Waals surface area contributed by atoms with Crippen molar-refractivity contribution in [2.75, 3.05) is 0 Å². The molecule has 0 aromatic heterocycles. The molecule has 0 aliphatic heterocycles. The standard InChI is InChI=1S/C18H17BrO2/c1-12-4-2-5-13(10-12)18(20)16-9-8-14(19)11-17(16)21-15-6-3-7-15/h2,4-5,8-11,15H,3,6-7H2,1H3. The Morgan fingerprint density at radius 2 is 2.00 bits per heavy atom. The number of rotatable bonds is 4. The van der Waals surface area contributed by atoms with E-state index in [1.165, 1.54) is 6.42 Å². The molecule has 21 heavy (non-hydrogen) atoms. The van der Waals surface area contributed by atoms with Gasteiger partial charge in [-0.1, -0.05) is 39.7 Å². The summed E-state index contributed by atoms with van der Waals surface area (Å²) in [6.07, 6.45) is 3.61. The highest BCUT2D eigenvalue weighted by molar-refractivity contribution is 9.10. The van der Waals surface area contributed by atoms with Crippen LogP contribution in [0.2, 0.25) is 0 Å². The van der Waals surface area contributed by atoms with Gasteiger partial charge in [0, 0.05) is 10.0 Å². The highest BCUT2D eigenvalue weighted by Gasteiger charge is 2.22. The van der Waals surface area contributed by atoms with Gasteiger partial charge in [-0.3, -0.25) is 4.79 Å². The van der Waals surface area contributed by atoms with E-state index in [1.807, 2.05) is 49.4 Å². The van der Waals surface area contributed by atoms with E-state index in [0.29, 0.717) is 16.9 Å². The van der Waals surface area contributed by atoms with Crippen LogP contribution in [-0.2, 0) is 0 Å². The maximum absolute atomic E-state index is 12.7. The summed E-state index contributed by atoms with van der Waals surface area (Å²) in [5.41, 5.74) is 2.42. The minimum Gasteiger partial charge on any atom is -0.490 e.